The van der Waals surface area contributed by atoms with Gasteiger partial charge in [0, 0.05) is 6.54 Å². The largest absolute Gasteiger partial charge is 0.373 e. The lowest BCUT2D eigenvalue weighted by Crippen LogP contribution is -2.20. The zero-order chi connectivity index (χ0) is 12.8. The van der Waals surface area contributed by atoms with E-state index in [-0.39, 0.29) is 12.4 Å². The highest BCUT2D eigenvalue weighted by Crippen LogP contribution is 2.24. The number of hydrogen-bond acceptors (Lipinski definition) is 6. The number of nitrogens with two attached hydrogens (primary N) is 1. The van der Waals surface area contributed by atoms with Crippen molar-refractivity contribution in [2.24, 2.45) is 5.73 Å². The van der Waals surface area contributed by atoms with Crippen LogP contribution in [0.4, 0.5) is 5.00 Å². The van der Waals surface area contributed by atoms with Gasteiger partial charge in [-0.3, -0.25) is 9.59 Å². The molecule has 0 saturated carbocycles. The summed E-state index contributed by atoms with van der Waals surface area (Å²) in [5, 5.41) is 3.78. The Morgan fingerprint density at radius 3 is 2.82 bits per heavy atom. The number of carbonyl (C=O) groups is 2. The van der Waals surface area contributed by atoms with Gasteiger partial charge in [0.25, 0.3) is 0 Å². The van der Waals surface area contributed by atoms with Crippen molar-refractivity contribution in [1.29, 1.82) is 0 Å². The van der Waals surface area contributed by atoms with Crippen molar-refractivity contribution in [2.45, 2.75) is 13.8 Å². The van der Waals surface area contributed by atoms with Gasteiger partial charge in [-0.15, -0.1) is 0 Å². The first kappa shape index (κ1) is 13.6. The van der Waals surface area contributed by atoms with E-state index in [9.17, 15) is 9.59 Å². The van der Waals surface area contributed by atoms with Crippen molar-refractivity contribution >= 4 is 28.2 Å². The quantitative estimate of drug-likeness (QED) is 0.550. The van der Waals surface area contributed by atoms with Crippen molar-refractivity contribution < 1.29 is 14.3 Å². The van der Waals surface area contributed by atoms with Crippen molar-refractivity contribution in [3.05, 3.63) is 11.3 Å². The summed E-state index contributed by atoms with van der Waals surface area (Å²) < 4.78 is 9.09. The number of amides is 1. The molecular weight excluding hydrogens is 242 g/mol. The molecule has 1 rings (SSSR count). The van der Waals surface area contributed by atoms with Gasteiger partial charge in [-0.25, -0.2) is 0 Å². The summed E-state index contributed by atoms with van der Waals surface area (Å²) in [6, 6.07) is 0. The molecule has 0 aliphatic rings. The number of carbonyl (C=O) groups excluding carboxylic acids is 2. The van der Waals surface area contributed by atoms with E-state index in [2.05, 4.69) is 9.69 Å². The first-order chi connectivity index (χ1) is 8.02. The topological polar surface area (TPSA) is 94.3 Å². The molecule has 3 N–H and O–H groups in total. The van der Waals surface area contributed by atoms with Gasteiger partial charge < -0.3 is 15.8 Å². The molecule has 0 atom stereocenters. The lowest BCUT2D eigenvalue weighted by Gasteiger charge is -2.05. The number of ketones is 1. The maximum absolute atomic E-state index is 11.4. The van der Waals surface area contributed by atoms with Gasteiger partial charge in [-0.2, -0.15) is 4.37 Å². The normalized spacial score (nSPS) is 10.2. The first-order valence-corrected chi connectivity index (χ1v) is 5.87. The van der Waals surface area contributed by atoms with Gasteiger partial charge in [0.05, 0.1) is 17.9 Å². The Hall–Kier alpha value is -1.47. The highest BCUT2D eigenvalue weighted by molar-refractivity contribution is 7.10. The second kappa shape index (κ2) is 6.31. The molecule has 1 amide bonds. The Bertz CT molecular complexity index is 417. The van der Waals surface area contributed by atoms with E-state index in [1.54, 1.807) is 6.92 Å². The van der Waals surface area contributed by atoms with Crippen molar-refractivity contribution in [3.63, 3.8) is 0 Å². The molecule has 0 aliphatic carbocycles. The third-order valence-corrected chi connectivity index (χ3v) is 2.89. The van der Waals surface area contributed by atoms with Gasteiger partial charge in [-0.1, -0.05) is 0 Å². The number of nitrogens with one attached hydrogen (secondary N) is 1. The number of ether oxygens (including phenoxy) is 1. The van der Waals surface area contributed by atoms with Crippen molar-refractivity contribution in [2.75, 3.05) is 25.1 Å². The van der Waals surface area contributed by atoms with Gasteiger partial charge in [0.15, 0.2) is 5.78 Å². The average Bonchev–Trinajstić information content (AvgIpc) is 2.59. The van der Waals surface area contributed by atoms with Crippen LogP contribution in [-0.4, -0.2) is 35.8 Å². The first-order valence-electron chi connectivity index (χ1n) is 5.09. The Labute approximate surface area is 103 Å². The fraction of sp³-hybridized carbons (Fsp3) is 0.500. The Balaban J connectivity index is 2.42. The van der Waals surface area contributed by atoms with Crippen LogP contribution in [0.5, 0.6) is 0 Å². The minimum atomic E-state index is -0.497. The lowest BCUT2D eigenvalue weighted by molar-refractivity contribution is -0.122. The number of nitrogens with zero attached hydrogens (tertiary/aromatic N) is 1. The number of rotatable bonds is 7. The zero-order valence-electron chi connectivity index (χ0n) is 9.78. The second-order valence-electron chi connectivity index (χ2n) is 3.47. The molecule has 0 bridgehead atoms. The average molecular weight is 257 g/mol. The monoisotopic (exact) mass is 257 g/mol. The van der Waals surface area contributed by atoms with Gasteiger partial charge in [-0.05, 0) is 25.4 Å². The highest BCUT2D eigenvalue weighted by atomic mass is 32.1. The molecule has 0 unspecified atom stereocenters. The highest BCUT2D eigenvalue weighted by Gasteiger charge is 2.14. The number of primary amides is 1. The van der Waals surface area contributed by atoms with Crippen LogP contribution in [0.1, 0.15) is 23.0 Å². The molecule has 0 aromatic carbocycles. The fourth-order valence-electron chi connectivity index (χ4n) is 1.31. The van der Waals surface area contributed by atoms with Crippen LogP contribution in [0.2, 0.25) is 0 Å². The predicted octanol–water partition coefficient (Wildman–Crippen LogP) is 0.568. The van der Waals surface area contributed by atoms with E-state index in [4.69, 9.17) is 10.5 Å². The molecule has 1 heterocycles. The summed E-state index contributed by atoms with van der Waals surface area (Å²) in [7, 11) is 0. The number of Topliss-reactive ketones (excluding diaryl/α,β-unsaturated/α-hetero) is 1. The summed E-state index contributed by atoms with van der Waals surface area (Å²) in [6.45, 7) is 4.04. The number of anilines is 1. The molecule has 94 valence electrons. The van der Waals surface area contributed by atoms with Crippen LogP contribution in [0, 0.1) is 6.92 Å². The van der Waals surface area contributed by atoms with Crippen LogP contribution in [0.25, 0.3) is 0 Å². The van der Waals surface area contributed by atoms with E-state index < -0.39 is 5.91 Å². The van der Waals surface area contributed by atoms with Gasteiger partial charge in [0.2, 0.25) is 5.91 Å². The number of aryl methyl sites for hydroxylation is 1. The molecule has 0 fully saturated rings. The zero-order valence-corrected chi connectivity index (χ0v) is 10.6. The van der Waals surface area contributed by atoms with E-state index in [1.165, 1.54) is 18.5 Å². The fourth-order valence-corrected chi connectivity index (χ4v) is 2.18. The van der Waals surface area contributed by atoms with Crippen molar-refractivity contribution in [3.8, 4) is 0 Å². The standard InChI is InChI=1S/C10H15N3O3S/c1-6-9(7(2)14)10(17-13-6)12-3-4-16-5-8(11)15/h12H,3-5H2,1-2H3,(H2,11,15). The summed E-state index contributed by atoms with van der Waals surface area (Å²) in [5.74, 6) is -0.514. The minimum Gasteiger partial charge on any atom is -0.373 e. The van der Waals surface area contributed by atoms with E-state index >= 15 is 0 Å². The summed E-state index contributed by atoms with van der Waals surface area (Å²) in [6.07, 6.45) is 0. The maximum Gasteiger partial charge on any atom is 0.243 e. The van der Waals surface area contributed by atoms with E-state index in [1.807, 2.05) is 0 Å². The second-order valence-corrected chi connectivity index (χ2v) is 4.25. The van der Waals surface area contributed by atoms with E-state index in [0.717, 1.165) is 10.7 Å². The van der Waals surface area contributed by atoms with E-state index in [0.29, 0.717) is 18.7 Å². The number of aromatic nitrogens is 1. The van der Waals surface area contributed by atoms with Crippen LogP contribution in [-0.2, 0) is 9.53 Å². The maximum atomic E-state index is 11.4. The summed E-state index contributed by atoms with van der Waals surface area (Å²) in [5.41, 5.74) is 6.26. The van der Waals surface area contributed by atoms with Crippen LogP contribution in [0.3, 0.4) is 0 Å². The lowest BCUT2D eigenvalue weighted by atomic mass is 10.2. The van der Waals surface area contributed by atoms with Crippen molar-refractivity contribution in [1.82, 2.24) is 4.37 Å². The Morgan fingerprint density at radius 1 is 1.53 bits per heavy atom. The van der Waals surface area contributed by atoms with Crippen LogP contribution >= 0.6 is 11.5 Å². The van der Waals surface area contributed by atoms with Gasteiger partial charge in [0.1, 0.15) is 11.6 Å². The predicted molar refractivity (Wildman–Crippen MR) is 65.4 cm³/mol. The third-order valence-electron chi connectivity index (χ3n) is 1.99. The number of hydrogen-bond donors (Lipinski definition) is 2. The molecule has 1 aromatic heterocycles. The summed E-state index contributed by atoms with van der Waals surface area (Å²) in [4.78, 5) is 21.8. The molecule has 0 spiro atoms. The Kier molecular flexibility index (Phi) is 5.05. The minimum absolute atomic E-state index is 0.0168. The SMILES string of the molecule is CC(=O)c1c(C)nsc1NCCOCC(N)=O. The van der Waals surface area contributed by atoms with Crippen LogP contribution in [0.15, 0.2) is 0 Å². The Morgan fingerprint density at radius 2 is 2.24 bits per heavy atom. The van der Waals surface area contributed by atoms with Gasteiger partial charge >= 0.3 is 0 Å². The molecular formula is C10H15N3O3S. The molecule has 1 aromatic rings. The molecule has 7 heteroatoms. The molecule has 6 nitrogen and oxygen atoms in total. The molecule has 0 aliphatic heterocycles. The molecule has 17 heavy (non-hydrogen) atoms. The third kappa shape index (κ3) is 4.12. The molecule has 0 radical (unpaired) electrons. The smallest absolute Gasteiger partial charge is 0.243 e. The summed E-state index contributed by atoms with van der Waals surface area (Å²) >= 11 is 1.24. The molecule has 0 saturated heterocycles. The van der Waals surface area contributed by atoms with Crippen LogP contribution < -0.4 is 11.1 Å².